The topological polar surface area (TPSA) is 21.3 Å². The van der Waals surface area contributed by atoms with Crippen molar-refractivity contribution in [2.24, 2.45) is 0 Å². The van der Waals surface area contributed by atoms with Gasteiger partial charge in [-0.05, 0) is 41.4 Å². The average Bonchev–Trinajstić information content (AvgIpc) is 2.95. The second-order valence-corrected chi connectivity index (χ2v) is 5.61. The van der Waals surface area contributed by atoms with E-state index >= 15 is 0 Å². The fourth-order valence-corrected chi connectivity index (χ4v) is 2.90. The molecule has 0 aliphatic carbocycles. The van der Waals surface area contributed by atoms with Crippen LogP contribution < -0.4 is 5.32 Å². The lowest BCUT2D eigenvalue weighted by atomic mass is 9.95. The van der Waals surface area contributed by atoms with E-state index < -0.39 is 0 Å². The Kier molecular flexibility index (Phi) is 4.24. The monoisotopic (exact) mass is 305 g/mol. The molecule has 21 heavy (non-hydrogen) atoms. The quantitative estimate of drug-likeness (QED) is 0.913. The number of hydrogen-bond donors (Lipinski definition) is 1. The van der Waals surface area contributed by atoms with E-state index in [4.69, 9.17) is 16.3 Å². The summed E-state index contributed by atoms with van der Waals surface area (Å²) in [5.41, 5.74) is 3.99. The van der Waals surface area contributed by atoms with Gasteiger partial charge in [0.05, 0.1) is 19.3 Å². The molecule has 1 atom stereocenters. The lowest BCUT2D eigenvalue weighted by Gasteiger charge is -2.20. The Bertz CT molecular complexity index is 659. The maximum absolute atomic E-state index is 14.2. The van der Waals surface area contributed by atoms with Crippen LogP contribution in [0.1, 0.15) is 35.2 Å². The highest BCUT2D eigenvalue weighted by atomic mass is 35.5. The van der Waals surface area contributed by atoms with Crippen LogP contribution in [-0.2, 0) is 18.0 Å². The molecule has 3 rings (SSSR count). The van der Waals surface area contributed by atoms with Crippen LogP contribution >= 0.6 is 11.6 Å². The van der Waals surface area contributed by atoms with Crippen LogP contribution in [0, 0.1) is 5.82 Å². The molecular weight excluding hydrogens is 289 g/mol. The number of rotatable bonds is 4. The van der Waals surface area contributed by atoms with Gasteiger partial charge in [-0.2, -0.15) is 0 Å². The van der Waals surface area contributed by atoms with E-state index in [-0.39, 0.29) is 11.9 Å². The first-order valence-electron chi connectivity index (χ1n) is 7.07. The summed E-state index contributed by atoms with van der Waals surface area (Å²) in [4.78, 5) is 0. The maximum atomic E-state index is 14.2. The minimum absolute atomic E-state index is 0.209. The average molecular weight is 306 g/mol. The number of ether oxygens (including phenoxy) is 1. The maximum Gasteiger partial charge on any atom is 0.128 e. The predicted molar refractivity (Wildman–Crippen MR) is 81.9 cm³/mol. The van der Waals surface area contributed by atoms with Gasteiger partial charge in [0.25, 0.3) is 0 Å². The van der Waals surface area contributed by atoms with Gasteiger partial charge in [0.15, 0.2) is 0 Å². The molecule has 1 aliphatic rings. The number of benzene rings is 2. The Morgan fingerprint density at radius 2 is 2.00 bits per heavy atom. The van der Waals surface area contributed by atoms with Crippen LogP contribution in [0.2, 0.25) is 5.02 Å². The van der Waals surface area contributed by atoms with Crippen LogP contribution in [0.15, 0.2) is 36.4 Å². The SMILES string of the molecule is CCNC(c1ccc2c(c1)COC2)c1cc(Cl)ccc1F. The summed E-state index contributed by atoms with van der Waals surface area (Å²) in [6, 6.07) is 10.6. The summed E-state index contributed by atoms with van der Waals surface area (Å²) in [6.45, 7) is 4.03. The molecule has 110 valence electrons. The minimum Gasteiger partial charge on any atom is -0.372 e. The second kappa shape index (κ2) is 6.14. The molecule has 2 aromatic carbocycles. The van der Waals surface area contributed by atoms with E-state index in [0.717, 1.165) is 12.1 Å². The van der Waals surface area contributed by atoms with Gasteiger partial charge in [-0.3, -0.25) is 0 Å². The molecular formula is C17H17ClFNO. The van der Waals surface area contributed by atoms with Crippen molar-refractivity contribution in [3.05, 3.63) is 69.5 Å². The van der Waals surface area contributed by atoms with E-state index in [1.165, 1.54) is 17.2 Å². The van der Waals surface area contributed by atoms with Crippen molar-refractivity contribution >= 4 is 11.6 Å². The molecule has 0 amide bonds. The van der Waals surface area contributed by atoms with Crippen molar-refractivity contribution in [3.63, 3.8) is 0 Å². The Hall–Kier alpha value is -1.42. The van der Waals surface area contributed by atoms with E-state index in [1.807, 2.05) is 13.0 Å². The van der Waals surface area contributed by atoms with Gasteiger partial charge < -0.3 is 10.1 Å². The Morgan fingerprint density at radius 1 is 1.19 bits per heavy atom. The van der Waals surface area contributed by atoms with Crippen LogP contribution in [-0.4, -0.2) is 6.54 Å². The summed E-state index contributed by atoms with van der Waals surface area (Å²) in [5, 5.41) is 3.88. The van der Waals surface area contributed by atoms with Crippen molar-refractivity contribution in [1.29, 1.82) is 0 Å². The van der Waals surface area contributed by atoms with Crippen LogP contribution in [0.4, 0.5) is 4.39 Å². The standard InChI is InChI=1S/C17H17ClFNO/c1-2-20-17(15-8-14(18)5-6-16(15)19)11-3-4-12-9-21-10-13(12)7-11/h3-8,17,20H,2,9-10H2,1H3. The Morgan fingerprint density at radius 3 is 2.81 bits per heavy atom. The molecule has 1 N–H and O–H groups in total. The third-order valence-corrected chi connectivity index (χ3v) is 3.99. The summed E-state index contributed by atoms with van der Waals surface area (Å²) in [7, 11) is 0. The zero-order valence-electron chi connectivity index (χ0n) is 11.8. The third kappa shape index (κ3) is 2.95. The van der Waals surface area contributed by atoms with Crippen molar-refractivity contribution in [3.8, 4) is 0 Å². The van der Waals surface area contributed by atoms with Gasteiger partial charge in [0.2, 0.25) is 0 Å². The lowest BCUT2D eigenvalue weighted by Crippen LogP contribution is -2.23. The van der Waals surface area contributed by atoms with E-state index in [2.05, 4.69) is 17.4 Å². The highest BCUT2D eigenvalue weighted by Crippen LogP contribution is 2.30. The number of hydrogen-bond acceptors (Lipinski definition) is 2. The molecule has 0 saturated heterocycles. The van der Waals surface area contributed by atoms with Crippen LogP contribution in [0.3, 0.4) is 0 Å². The molecule has 4 heteroatoms. The van der Waals surface area contributed by atoms with Crippen LogP contribution in [0.25, 0.3) is 0 Å². The molecule has 2 aromatic rings. The number of halogens is 2. The molecule has 0 fully saturated rings. The van der Waals surface area contributed by atoms with Gasteiger partial charge >= 0.3 is 0 Å². The molecule has 1 aliphatic heterocycles. The Labute approximate surface area is 128 Å². The van der Waals surface area contributed by atoms with Crippen molar-refractivity contribution < 1.29 is 9.13 Å². The smallest absolute Gasteiger partial charge is 0.128 e. The first kappa shape index (κ1) is 14.5. The van der Waals surface area contributed by atoms with Gasteiger partial charge in [0, 0.05) is 10.6 Å². The summed E-state index contributed by atoms with van der Waals surface area (Å²) in [5.74, 6) is -0.248. The first-order chi connectivity index (χ1) is 10.2. The first-order valence-corrected chi connectivity index (χ1v) is 7.44. The highest BCUT2D eigenvalue weighted by Gasteiger charge is 2.20. The zero-order valence-corrected chi connectivity index (χ0v) is 12.6. The van der Waals surface area contributed by atoms with E-state index in [9.17, 15) is 4.39 Å². The molecule has 0 spiro atoms. The van der Waals surface area contributed by atoms with Gasteiger partial charge in [-0.1, -0.05) is 36.7 Å². The summed E-state index contributed by atoms with van der Waals surface area (Å²) < 4.78 is 19.6. The molecule has 1 heterocycles. The van der Waals surface area contributed by atoms with E-state index in [1.54, 1.807) is 12.1 Å². The largest absolute Gasteiger partial charge is 0.372 e. The fraction of sp³-hybridized carbons (Fsp3) is 0.294. The van der Waals surface area contributed by atoms with E-state index in [0.29, 0.717) is 23.8 Å². The number of nitrogens with one attached hydrogen (secondary N) is 1. The van der Waals surface area contributed by atoms with Crippen molar-refractivity contribution in [1.82, 2.24) is 5.32 Å². The number of fused-ring (bicyclic) bond motifs is 1. The molecule has 1 unspecified atom stereocenters. The molecule has 2 nitrogen and oxygen atoms in total. The fourth-order valence-electron chi connectivity index (χ4n) is 2.72. The van der Waals surface area contributed by atoms with Crippen LogP contribution in [0.5, 0.6) is 0 Å². The van der Waals surface area contributed by atoms with Gasteiger partial charge in [-0.15, -0.1) is 0 Å². The third-order valence-electron chi connectivity index (χ3n) is 3.76. The zero-order chi connectivity index (χ0) is 14.8. The predicted octanol–water partition coefficient (Wildman–Crippen LogP) is 4.21. The van der Waals surface area contributed by atoms with Gasteiger partial charge in [-0.25, -0.2) is 4.39 Å². The highest BCUT2D eigenvalue weighted by molar-refractivity contribution is 6.30. The molecule has 0 bridgehead atoms. The lowest BCUT2D eigenvalue weighted by molar-refractivity contribution is 0.134. The molecule has 0 aromatic heterocycles. The Balaban J connectivity index is 2.03. The normalized spacial score (nSPS) is 15.0. The summed E-state index contributed by atoms with van der Waals surface area (Å²) >= 11 is 6.03. The minimum atomic E-state index is -0.248. The molecule has 0 radical (unpaired) electrons. The van der Waals surface area contributed by atoms with Gasteiger partial charge in [0.1, 0.15) is 5.82 Å². The summed E-state index contributed by atoms with van der Waals surface area (Å²) in [6.07, 6.45) is 0. The molecule has 0 saturated carbocycles. The van der Waals surface area contributed by atoms with Crippen molar-refractivity contribution in [2.45, 2.75) is 26.2 Å². The van der Waals surface area contributed by atoms with Crippen molar-refractivity contribution in [2.75, 3.05) is 6.54 Å². The second-order valence-electron chi connectivity index (χ2n) is 5.18.